The van der Waals surface area contributed by atoms with E-state index in [4.69, 9.17) is 11.5 Å². The Morgan fingerprint density at radius 3 is 2.24 bits per heavy atom. The molecule has 0 heterocycles. The molecule has 0 radical (unpaired) electrons. The van der Waals surface area contributed by atoms with Crippen LogP contribution in [0, 0.1) is 17.0 Å². The third-order valence-corrected chi connectivity index (χ3v) is 5.97. The number of unbranched alkanes of at least 4 members (excludes halogenated alkanes) is 1. The first kappa shape index (κ1) is 27.8. The maximum atomic E-state index is 12.8. The highest BCUT2D eigenvalue weighted by molar-refractivity contribution is 7.89. The molecule has 0 unspecified atom stereocenters. The zero-order valence-corrected chi connectivity index (χ0v) is 19.6. The van der Waals surface area contributed by atoms with Crippen molar-refractivity contribution in [2.75, 3.05) is 11.9 Å². The number of benzene rings is 2. The quantitative estimate of drug-likeness (QED) is 0.120. The van der Waals surface area contributed by atoms with Gasteiger partial charge in [0, 0.05) is 24.4 Å². The second-order valence-corrected chi connectivity index (χ2v) is 8.80. The lowest BCUT2D eigenvalue weighted by molar-refractivity contribution is -0.384. The Morgan fingerprint density at radius 1 is 1.09 bits per heavy atom. The van der Waals surface area contributed by atoms with Gasteiger partial charge in [0.1, 0.15) is 6.04 Å². The number of hydrogen-bond acceptors (Lipinski definition) is 6. The maximum Gasteiger partial charge on any atom is 0.269 e. The van der Waals surface area contributed by atoms with Crippen LogP contribution in [-0.2, 0) is 14.8 Å². The topological polar surface area (TPSA) is 183 Å². The number of anilines is 1. The minimum atomic E-state index is -3.96. The van der Waals surface area contributed by atoms with Gasteiger partial charge in [-0.05, 0) is 50.5 Å². The number of halogens is 1. The summed E-state index contributed by atoms with van der Waals surface area (Å²) < 4.78 is 28.0. The van der Waals surface area contributed by atoms with Gasteiger partial charge in [-0.25, -0.2) is 8.42 Å². The summed E-state index contributed by atoms with van der Waals surface area (Å²) in [4.78, 5) is 27.0. The van der Waals surface area contributed by atoms with E-state index < -0.39 is 26.9 Å². The number of amides is 1. The summed E-state index contributed by atoms with van der Waals surface area (Å²) in [5.74, 6) is -0.631. The number of nitro benzene ring substituents is 1. The molecule has 2 aromatic rings. The number of nitrogens with two attached hydrogens (primary N) is 2. The summed E-state index contributed by atoms with van der Waals surface area (Å²) in [6.45, 7) is 2.19. The molecular formula is C20H27ClN6O5S. The summed E-state index contributed by atoms with van der Waals surface area (Å²) >= 11 is 0. The summed E-state index contributed by atoms with van der Waals surface area (Å²) in [6, 6.07) is 10.4. The van der Waals surface area contributed by atoms with Crippen LogP contribution in [0.3, 0.4) is 0 Å². The zero-order chi connectivity index (χ0) is 23.7. The summed E-state index contributed by atoms with van der Waals surface area (Å²) in [6.07, 6.45) is 1.22. The highest BCUT2D eigenvalue weighted by Gasteiger charge is 2.25. The fourth-order valence-corrected chi connectivity index (χ4v) is 4.01. The Balaban J connectivity index is 0.00000544. The van der Waals surface area contributed by atoms with Gasteiger partial charge in [0.25, 0.3) is 5.69 Å². The lowest BCUT2D eigenvalue weighted by Crippen LogP contribution is -2.43. The Kier molecular flexibility index (Phi) is 10.7. The van der Waals surface area contributed by atoms with Gasteiger partial charge in [-0.2, -0.15) is 4.72 Å². The number of nitrogens with one attached hydrogen (secondary N) is 2. The molecule has 0 spiro atoms. The molecule has 180 valence electrons. The van der Waals surface area contributed by atoms with Crippen molar-refractivity contribution in [3.8, 4) is 0 Å². The van der Waals surface area contributed by atoms with E-state index in [2.05, 4.69) is 15.0 Å². The van der Waals surface area contributed by atoms with Crippen molar-refractivity contribution < 1.29 is 18.1 Å². The van der Waals surface area contributed by atoms with E-state index in [1.54, 1.807) is 12.1 Å². The molecule has 33 heavy (non-hydrogen) atoms. The second-order valence-electron chi connectivity index (χ2n) is 7.08. The van der Waals surface area contributed by atoms with Crippen LogP contribution in [0.25, 0.3) is 0 Å². The van der Waals surface area contributed by atoms with Crippen LogP contribution in [-0.4, -0.2) is 37.8 Å². The number of carbonyl (C=O) groups is 1. The molecular weight excluding hydrogens is 472 g/mol. The second kappa shape index (κ2) is 12.7. The van der Waals surface area contributed by atoms with E-state index in [1.165, 1.54) is 36.4 Å². The molecule has 0 aliphatic heterocycles. The van der Waals surface area contributed by atoms with Crippen molar-refractivity contribution in [3.63, 3.8) is 0 Å². The van der Waals surface area contributed by atoms with Crippen molar-refractivity contribution >= 4 is 45.7 Å². The molecule has 11 nitrogen and oxygen atoms in total. The number of sulfonamides is 1. The number of aryl methyl sites for hydroxylation is 1. The fourth-order valence-electron chi connectivity index (χ4n) is 2.78. The van der Waals surface area contributed by atoms with Gasteiger partial charge in [-0.15, -0.1) is 12.4 Å². The first-order valence-electron chi connectivity index (χ1n) is 9.78. The van der Waals surface area contributed by atoms with Gasteiger partial charge in [0.2, 0.25) is 15.9 Å². The van der Waals surface area contributed by atoms with Crippen molar-refractivity contribution in [1.29, 1.82) is 0 Å². The molecule has 0 bridgehead atoms. The van der Waals surface area contributed by atoms with E-state index in [1.807, 2.05) is 6.92 Å². The van der Waals surface area contributed by atoms with Gasteiger partial charge in [0.15, 0.2) is 5.96 Å². The van der Waals surface area contributed by atoms with Crippen LogP contribution in [0.5, 0.6) is 0 Å². The standard InChI is InChI=1S/C20H26N6O5S.ClH/c1-14-5-11-17(12-6-14)32(30,31)25-18(4-2-3-13-23-20(21)22)19(27)24-15-7-9-16(10-8-15)26(28)29;/h5-12,18,25H,2-4,13H2,1H3,(H,24,27)(H4,21,22,23);1H/t18-;/m0./s1. The molecule has 0 aliphatic carbocycles. The summed E-state index contributed by atoms with van der Waals surface area (Å²) in [5, 5.41) is 13.4. The molecule has 1 atom stereocenters. The van der Waals surface area contributed by atoms with Crippen molar-refractivity contribution in [2.24, 2.45) is 16.5 Å². The number of nitro groups is 1. The molecule has 13 heteroatoms. The first-order chi connectivity index (χ1) is 15.1. The van der Waals surface area contributed by atoms with E-state index in [0.29, 0.717) is 25.1 Å². The summed E-state index contributed by atoms with van der Waals surface area (Å²) in [5.41, 5.74) is 11.7. The average Bonchev–Trinajstić information content (AvgIpc) is 2.73. The predicted molar refractivity (Wildman–Crippen MR) is 129 cm³/mol. The average molecular weight is 499 g/mol. The molecule has 0 aromatic heterocycles. The molecule has 0 saturated heterocycles. The van der Waals surface area contributed by atoms with E-state index in [9.17, 15) is 23.3 Å². The number of rotatable bonds is 11. The van der Waals surface area contributed by atoms with Gasteiger partial charge < -0.3 is 16.8 Å². The fraction of sp³-hybridized carbons (Fsp3) is 0.300. The largest absolute Gasteiger partial charge is 0.370 e. The Morgan fingerprint density at radius 2 is 1.70 bits per heavy atom. The molecule has 0 saturated carbocycles. The molecule has 1 amide bonds. The number of aliphatic imine (C=N–C) groups is 1. The number of nitrogens with zero attached hydrogens (tertiary/aromatic N) is 2. The predicted octanol–water partition coefficient (Wildman–Crippen LogP) is 2.05. The lowest BCUT2D eigenvalue weighted by Gasteiger charge is -2.18. The number of hydrogen-bond donors (Lipinski definition) is 4. The van der Waals surface area contributed by atoms with Crippen LogP contribution in [0.15, 0.2) is 58.4 Å². The van der Waals surface area contributed by atoms with Crippen molar-refractivity contribution in [1.82, 2.24) is 4.72 Å². The SMILES string of the molecule is Cc1ccc(S(=O)(=O)N[C@@H](CCCCN=C(N)N)C(=O)Nc2ccc([N+](=O)[O-])cc2)cc1.Cl. The van der Waals surface area contributed by atoms with Crippen LogP contribution in [0.2, 0.25) is 0 Å². The van der Waals surface area contributed by atoms with Crippen molar-refractivity contribution in [2.45, 2.75) is 37.1 Å². The van der Waals surface area contributed by atoms with Gasteiger partial charge in [-0.3, -0.25) is 19.9 Å². The van der Waals surface area contributed by atoms with Gasteiger partial charge in [0.05, 0.1) is 9.82 Å². The first-order valence-corrected chi connectivity index (χ1v) is 11.3. The third kappa shape index (κ3) is 9.04. The minimum Gasteiger partial charge on any atom is -0.370 e. The highest BCUT2D eigenvalue weighted by Crippen LogP contribution is 2.17. The Hall–Kier alpha value is -3.22. The molecule has 2 aromatic carbocycles. The van der Waals surface area contributed by atoms with Crippen LogP contribution in [0.1, 0.15) is 24.8 Å². The number of non-ortho nitro benzene ring substituents is 1. The normalized spacial score (nSPS) is 11.7. The minimum absolute atomic E-state index is 0. The third-order valence-electron chi connectivity index (χ3n) is 4.49. The molecule has 0 fully saturated rings. The monoisotopic (exact) mass is 498 g/mol. The van der Waals surface area contributed by atoms with Gasteiger partial charge in [-0.1, -0.05) is 17.7 Å². The molecule has 6 N–H and O–H groups in total. The molecule has 0 aliphatic rings. The Bertz CT molecular complexity index is 1070. The van der Waals surface area contributed by atoms with Gasteiger partial charge >= 0.3 is 0 Å². The highest BCUT2D eigenvalue weighted by atomic mass is 35.5. The number of carbonyl (C=O) groups excluding carboxylic acids is 1. The smallest absolute Gasteiger partial charge is 0.269 e. The van der Waals surface area contributed by atoms with Crippen molar-refractivity contribution in [3.05, 3.63) is 64.2 Å². The van der Waals surface area contributed by atoms with E-state index in [-0.39, 0.29) is 35.4 Å². The Labute approximate surface area is 198 Å². The van der Waals surface area contributed by atoms with Crippen LogP contribution in [0.4, 0.5) is 11.4 Å². The number of guanidine groups is 1. The molecule has 2 rings (SSSR count). The van der Waals surface area contributed by atoms with Crippen LogP contribution >= 0.6 is 12.4 Å². The van der Waals surface area contributed by atoms with E-state index in [0.717, 1.165) is 5.56 Å². The van der Waals surface area contributed by atoms with Crippen LogP contribution < -0.4 is 21.5 Å². The zero-order valence-electron chi connectivity index (χ0n) is 17.9. The lowest BCUT2D eigenvalue weighted by atomic mass is 10.1. The summed E-state index contributed by atoms with van der Waals surface area (Å²) in [7, 11) is -3.96. The maximum absolute atomic E-state index is 12.8. The van der Waals surface area contributed by atoms with E-state index >= 15 is 0 Å².